The molecule has 1 heterocycles. The molecule has 10 heavy (non-hydrogen) atoms. The van der Waals surface area contributed by atoms with Crippen LogP contribution >= 0.6 is 0 Å². The van der Waals surface area contributed by atoms with Crippen molar-refractivity contribution in [2.24, 2.45) is 0 Å². The van der Waals surface area contributed by atoms with Crippen molar-refractivity contribution >= 4 is 5.82 Å². The molecule has 56 valence electrons. The molecule has 0 radical (unpaired) electrons. The predicted octanol–water partition coefficient (Wildman–Crippen LogP) is 0.339. The maximum Gasteiger partial charge on any atom is 0.137 e. The van der Waals surface area contributed by atoms with Crippen molar-refractivity contribution in [2.75, 3.05) is 17.7 Å². The second-order valence-electron chi connectivity index (χ2n) is 2.00. The fraction of sp³-hybridized carbons (Fsp3) is 0.333. The van der Waals surface area contributed by atoms with E-state index < -0.39 is 0 Å². The van der Waals surface area contributed by atoms with Gasteiger partial charge < -0.3 is 16.3 Å². The van der Waals surface area contributed by atoms with Gasteiger partial charge in [0.15, 0.2) is 0 Å². The van der Waals surface area contributed by atoms with Crippen LogP contribution in [0.25, 0.3) is 0 Å². The highest BCUT2D eigenvalue weighted by molar-refractivity contribution is 5.39. The third kappa shape index (κ3) is 1.15. The number of aromatic hydroxyl groups is 1. The summed E-state index contributed by atoms with van der Waals surface area (Å²) in [6, 6.07) is 1.49. The van der Waals surface area contributed by atoms with E-state index in [1.165, 1.54) is 12.3 Å². The number of nitrogens with zero attached hydrogens (tertiary/aromatic N) is 1. The van der Waals surface area contributed by atoms with Gasteiger partial charge in [-0.05, 0) is 6.92 Å². The van der Waals surface area contributed by atoms with Gasteiger partial charge in [-0.3, -0.25) is 0 Å². The number of hydrogen-bond acceptors (Lipinski definition) is 3. The van der Waals surface area contributed by atoms with Crippen LogP contribution in [0.2, 0.25) is 0 Å². The molecule has 0 amide bonds. The van der Waals surface area contributed by atoms with E-state index in [-0.39, 0.29) is 5.75 Å². The normalized spacial score (nSPS) is 9.70. The lowest BCUT2D eigenvalue weighted by molar-refractivity contribution is 0.475. The number of nitrogens with one attached hydrogen (secondary N) is 1. The zero-order chi connectivity index (χ0) is 7.56. The summed E-state index contributed by atoms with van der Waals surface area (Å²) in [6.07, 6.45) is 1.53. The molecule has 0 aliphatic rings. The molecule has 1 rings (SSSR count). The SMILES string of the molecule is CCNn1cc(O)cc1N. The van der Waals surface area contributed by atoms with Gasteiger partial charge in [0.25, 0.3) is 0 Å². The number of anilines is 1. The number of nitrogen functional groups attached to an aromatic ring is 1. The third-order valence-corrected chi connectivity index (χ3v) is 1.16. The summed E-state index contributed by atoms with van der Waals surface area (Å²) in [5, 5.41) is 8.92. The van der Waals surface area contributed by atoms with Gasteiger partial charge in [-0.25, -0.2) is 4.68 Å². The Hall–Kier alpha value is -1.32. The lowest BCUT2D eigenvalue weighted by Crippen LogP contribution is -2.14. The van der Waals surface area contributed by atoms with Crippen molar-refractivity contribution in [1.82, 2.24) is 4.68 Å². The van der Waals surface area contributed by atoms with Crippen LogP contribution in [0.1, 0.15) is 6.92 Å². The topological polar surface area (TPSA) is 63.2 Å². The van der Waals surface area contributed by atoms with Crippen LogP contribution in [0, 0.1) is 0 Å². The molecule has 0 unspecified atom stereocenters. The number of nitrogens with two attached hydrogens (primary N) is 1. The van der Waals surface area contributed by atoms with Crippen molar-refractivity contribution in [2.45, 2.75) is 6.92 Å². The molecule has 4 nitrogen and oxygen atoms in total. The summed E-state index contributed by atoms with van der Waals surface area (Å²) in [7, 11) is 0. The Morgan fingerprint density at radius 2 is 2.50 bits per heavy atom. The molecule has 0 aromatic carbocycles. The lowest BCUT2D eigenvalue weighted by Gasteiger charge is -2.04. The second kappa shape index (κ2) is 2.51. The van der Waals surface area contributed by atoms with Gasteiger partial charge in [0, 0.05) is 12.6 Å². The fourth-order valence-electron chi connectivity index (χ4n) is 0.772. The van der Waals surface area contributed by atoms with Crippen molar-refractivity contribution < 1.29 is 5.11 Å². The van der Waals surface area contributed by atoms with E-state index >= 15 is 0 Å². The van der Waals surface area contributed by atoms with Crippen LogP contribution < -0.4 is 11.2 Å². The first-order valence-electron chi connectivity index (χ1n) is 3.14. The van der Waals surface area contributed by atoms with Gasteiger partial charge in [-0.15, -0.1) is 0 Å². The lowest BCUT2D eigenvalue weighted by atomic mass is 10.6. The minimum atomic E-state index is 0.179. The van der Waals surface area contributed by atoms with Crippen molar-refractivity contribution in [3.63, 3.8) is 0 Å². The molecule has 0 fully saturated rings. The Balaban J connectivity index is 2.81. The third-order valence-electron chi connectivity index (χ3n) is 1.16. The molecule has 0 aliphatic heterocycles. The largest absolute Gasteiger partial charge is 0.506 e. The molecule has 0 aliphatic carbocycles. The first kappa shape index (κ1) is 6.80. The molecule has 0 atom stereocenters. The van der Waals surface area contributed by atoms with Crippen LogP contribution in [-0.4, -0.2) is 16.3 Å². The van der Waals surface area contributed by atoms with Gasteiger partial charge in [0.1, 0.15) is 11.6 Å². The second-order valence-corrected chi connectivity index (χ2v) is 2.00. The van der Waals surface area contributed by atoms with E-state index in [1.807, 2.05) is 6.92 Å². The highest BCUT2D eigenvalue weighted by Crippen LogP contribution is 2.13. The quantitative estimate of drug-likeness (QED) is 0.556. The maximum atomic E-state index is 8.92. The summed E-state index contributed by atoms with van der Waals surface area (Å²) in [4.78, 5) is 0. The van der Waals surface area contributed by atoms with Gasteiger partial charge in [-0.2, -0.15) is 0 Å². The molecule has 0 spiro atoms. The highest BCUT2D eigenvalue weighted by Gasteiger charge is 1.97. The minimum absolute atomic E-state index is 0.179. The fourth-order valence-corrected chi connectivity index (χ4v) is 0.772. The molecule has 0 saturated heterocycles. The summed E-state index contributed by atoms with van der Waals surface area (Å²) in [5.41, 5.74) is 8.40. The summed E-state index contributed by atoms with van der Waals surface area (Å²) < 4.78 is 1.58. The summed E-state index contributed by atoms with van der Waals surface area (Å²) in [6.45, 7) is 2.73. The van der Waals surface area contributed by atoms with Crippen LogP contribution in [0.15, 0.2) is 12.3 Å². The smallest absolute Gasteiger partial charge is 0.137 e. The predicted molar refractivity (Wildman–Crippen MR) is 40.4 cm³/mol. The number of aromatic nitrogens is 1. The molecular formula is C6H11N3O. The van der Waals surface area contributed by atoms with Gasteiger partial charge in [-0.1, -0.05) is 0 Å². The number of rotatable bonds is 2. The molecular weight excluding hydrogens is 130 g/mol. The standard InChI is InChI=1S/C6H11N3O/c1-2-8-9-4-5(10)3-6(9)7/h3-4,8,10H,2,7H2,1H3. The zero-order valence-electron chi connectivity index (χ0n) is 5.83. The van der Waals surface area contributed by atoms with Crippen molar-refractivity contribution in [3.8, 4) is 5.75 Å². The molecule has 0 saturated carbocycles. The maximum absolute atomic E-state index is 8.92. The Kier molecular flexibility index (Phi) is 1.71. The molecule has 1 aromatic rings. The van der Waals surface area contributed by atoms with Gasteiger partial charge in [0.05, 0.1) is 6.20 Å². The zero-order valence-corrected chi connectivity index (χ0v) is 5.83. The Bertz CT molecular complexity index is 219. The van der Waals surface area contributed by atoms with Crippen LogP contribution in [0.5, 0.6) is 5.75 Å². The van der Waals surface area contributed by atoms with E-state index in [9.17, 15) is 0 Å². The molecule has 0 bridgehead atoms. The van der Waals surface area contributed by atoms with E-state index in [2.05, 4.69) is 5.43 Å². The Labute approximate surface area is 59.2 Å². The minimum Gasteiger partial charge on any atom is -0.506 e. The van der Waals surface area contributed by atoms with Crippen LogP contribution in [-0.2, 0) is 0 Å². The van der Waals surface area contributed by atoms with E-state index in [1.54, 1.807) is 4.68 Å². The first-order valence-corrected chi connectivity index (χ1v) is 3.14. The Morgan fingerprint density at radius 3 is 2.90 bits per heavy atom. The average molecular weight is 141 g/mol. The van der Waals surface area contributed by atoms with E-state index in [0.29, 0.717) is 5.82 Å². The van der Waals surface area contributed by atoms with Crippen molar-refractivity contribution in [1.29, 1.82) is 0 Å². The molecule has 1 aromatic heterocycles. The monoisotopic (exact) mass is 141 g/mol. The molecule has 4 heteroatoms. The van der Waals surface area contributed by atoms with Gasteiger partial charge in [0.2, 0.25) is 0 Å². The Morgan fingerprint density at radius 1 is 1.80 bits per heavy atom. The van der Waals surface area contributed by atoms with Crippen LogP contribution in [0.3, 0.4) is 0 Å². The van der Waals surface area contributed by atoms with Gasteiger partial charge >= 0.3 is 0 Å². The summed E-state index contributed by atoms with van der Waals surface area (Å²) in [5.74, 6) is 0.692. The van der Waals surface area contributed by atoms with Crippen LogP contribution in [0.4, 0.5) is 5.82 Å². The highest BCUT2D eigenvalue weighted by atomic mass is 16.3. The first-order chi connectivity index (χ1) is 4.74. The van der Waals surface area contributed by atoms with E-state index in [4.69, 9.17) is 10.8 Å². The summed E-state index contributed by atoms with van der Waals surface area (Å²) >= 11 is 0. The molecule has 4 N–H and O–H groups in total. The number of hydrogen-bond donors (Lipinski definition) is 3. The van der Waals surface area contributed by atoms with Crippen molar-refractivity contribution in [3.05, 3.63) is 12.3 Å². The average Bonchev–Trinajstić information content (AvgIpc) is 2.13. The van der Waals surface area contributed by atoms with E-state index in [0.717, 1.165) is 6.54 Å².